The fourth-order valence-corrected chi connectivity index (χ4v) is 1.83. The Bertz CT molecular complexity index is 597. The number of hydrogen-bond acceptors (Lipinski definition) is 5. The molecule has 1 heterocycles. The number of aromatic nitrogens is 3. The minimum Gasteiger partial charge on any atom is -0.228 e. The Labute approximate surface area is 116 Å². The van der Waals surface area contributed by atoms with Gasteiger partial charge in [-0.1, -0.05) is 42.1 Å². The van der Waals surface area contributed by atoms with Crippen molar-refractivity contribution in [3.63, 3.8) is 0 Å². The summed E-state index contributed by atoms with van der Waals surface area (Å²) in [6.07, 6.45) is 4.05. The number of aliphatic imine (C=N–C) groups is 1. The Balaban J connectivity index is 2.21. The van der Waals surface area contributed by atoms with E-state index in [0.717, 1.165) is 5.56 Å². The Morgan fingerprint density at radius 3 is 2.89 bits per heavy atom. The highest BCUT2D eigenvalue weighted by Crippen LogP contribution is 2.16. The average Bonchev–Trinajstić information content (AvgIpc) is 2.86. The standard InChI is InChI=1S/C13H13N5S/c1-19-13-16-12(18(17-13)9-5-8-14)15-10-11-6-3-2-4-7-11/h2-4,6-7,10H,5,9H2,1H3/b15-10+. The van der Waals surface area contributed by atoms with E-state index in [1.807, 2.05) is 36.6 Å². The van der Waals surface area contributed by atoms with Crippen LogP contribution in [-0.2, 0) is 6.54 Å². The SMILES string of the molecule is CSc1nc(/N=C/c2ccccc2)n(CCC#N)n1. The number of benzene rings is 1. The van der Waals surface area contributed by atoms with Gasteiger partial charge in [0.05, 0.1) is 19.0 Å². The first-order valence-electron chi connectivity index (χ1n) is 5.78. The number of thioether (sulfide) groups is 1. The maximum absolute atomic E-state index is 8.64. The number of nitrogens with zero attached hydrogens (tertiary/aromatic N) is 5. The fraction of sp³-hybridized carbons (Fsp3) is 0.231. The molecule has 0 spiro atoms. The lowest BCUT2D eigenvalue weighted by molar-refractivity contribution is 0.616. The number of hydrogen-bond donors (Lipinski definition) is 0. The summed E-state index contributed by atoms with van der Waals surface area (Å²) >= 11 is 1.46. The maximum Gasteiger partial charge on any atom is 0.248 e. The van der Waals surface area contributed by atoms with Gasteiger partial charge >= 0.3 is 0 Å². The summed E-state index contributed by atoms with van der Waals surface area (Å²) in [6.45, 7) is 0.505. The molecule has 0 radical (unpaired) electrons. The van der Waals surface area contributed by atoms with Crippen LogP contribution in [0.3, 0.4) is 0 Å². The largest absolute Gasteiger partial charge is 0.248 e. The van der Waals surface area contributed by atoms with Crippen molar-refractivity contribution >= 4 is 23.9 Å². The lowest BCUT2D eigenvalue weighted by Crippen LogP contribution is -1.99. The summed E-state index contributed by atoms with van der Waals surface area (Å²) in [7, 11) is 0. The van der Waals surface area contributed by atoms with Gasteiger partial charge < -0.3 is 0 Å². The van der Waals surface area contributed by atoms with Crippen LogP contribution in [-0.4, -0.2) is 27.2 Å². The van der Waals surface area contributed by atoms with Crippen molar-refractivity contribution in [2.75, 3.05) is 6.26 Å². The van der Waals surface area contributed by atoms with E-state index in [0.29, 0.717) is 24.1 Å². The van der Waals surface area contributed by atoms with E-state index >= 15 is 0 Å². The summed E-state index contributed by atoms with van der Waals surface area (Å²) in [5, 5.41) is 13.6. The smallest absolute Gasteiger partial charge is 0.228 e. The topological polar surface area (TPSA) is 66.9 Å². The molecule has 0 bridgehead atoms. The first-order chi connectivity index (χ1) is 9.33. The molecule has 19 heavy (non-hydrogen) atoms. The molecule has 96 valence electrons. The number of rotatable bonds is 5. The first-order valence-corrected chi connectivity index (χ1v) is 7.01. The van der Waals surface area contributed by atoms with Crippen molar-refractivity contribution in [2.45, 2.75) is 18.1 Å². The van der Waals surface area contributed by atoms with Crippen molar-refractivity contribution < 1.29 is 0 Å². The Kier molecular flexibility index (Phi) is 4.70. The molecule has 0 aliphatic carbocycles. The van der Waals surface area contributed by atoms with E-state index in [1.54, 1.807) is 10.9 Å². The Morgan fingerprint density at radius 1 is 1.42 bits per heavy atom. The van der Waals surface area contributed by atoms with Gasteiger partial charge in [-0.25, -0.2) is 9.67 Å². The highest BCUT2D eigenvalue weighted by molar-refractivity contribution is 7.98. The van der Waals surface area contributed by atoms with Crippen LogP contribution in [0, 0.1) is 11.3 Å². The molecule has 0 aliphatic rings. The molecule has 5 nitrogen and oxygen atoms in total. The van der Waals surface area contributed by atoms with Gasteiger partial charge in [-0.3, -0.25) is 0 Å². The van der Waals surface area contributed by atoms with E-state index in [2.05, 4.69) is 21.1 Å². The van der Waals surface area contributed by atoms with Gasteiger partial charge in [-0.05, 0) is 11.8 Å². The van der Waals surface area contributed by atoms with E-state index in [4.69, 9.17) is 5.26 Å². The average molecular weight is 271 g/mol. The van der Waals surface area contributed by atoms with E-state index < -0.39 is 0 Å². The van der Waals surface area contributed by atoms with E-state index in [1.165, 1.54) is 11.8 Å². The van der Waals surface area contributed by atoms with Crippen LogP contribution < -0.4 is 0 Å². The predicted octanol–water partition coefficient (Wildman–Crippen LogP) is 2.66. The molecular formula is C13H13N5S. The fourth-order valence-electron chi connectivity index (χ4n) is 1.47. The zero-order valence-electron chi connectivity index (χ0n) is 10.5. The van der Waals surface area contributed by atoms with Gasteiger partial charge in [0.15, 0.2) is 0 Å². The maximum atomic E-state index is 8.64. The van der Waals surface area contributed by atoms with Crippen molar-refractivity contribution in [1.82, 2.24) is 14.8 Å². The van der Waals surface area contributed by atoms with Crippen molar-refractivity contribution in [3.05, 3.63) is 35.9 Å². The molecule has 0 saturated carbocycles. The molecule has 2 aromatic rings. The lowest BCUT2D eigenvalue weighted by Gasteiger charge is -1.97. The van der Waals surface area contributed by atoms with Crippen LogP contribution >= 0.6 is 11.8 Å². The van der Waals surface area contributed by atoms with Gasteiger partial charge in [0.25, 0.3) is 0 Å². The van der Waals surface area contributed by atoms with E-state index in [9.17, 15) is 0 Å². The normalized spacial score (nSPS) is 10.7. The summed E-state index contributed by atoms with van der Waals surface area (Å²) in [5.41, 5.74) is 1.00. The molecule has 0 N–H and O–H groups in total. The second kappa shape index (κ2) is 6.71. The summed E-state index contributed by atoms with van der Waals surface area (Å²) < 4.78 is 1.66. The van der Waals surface area contributed by atoms with Crippen LogP contribution in [0.15, 0.2) is 40.5 Å². The minimum atomic E-state index is 0.394. The van der Waals surface area contributed by atoms with E-state index in [-0.39, 0.29) is 0 Å². The number of aryl methyl sites for hydroxylation is 1. The second-order valence-electron chi connectivity index (χ2n) is 3.70. The third-order valence-electron chi connectivity index (χ3n) is 2.38. The second-order valence-corrected chi connectivity index (χ2v) is 4.47. The molecular weight excluding hydrogens is 258 g/mol. The molecule has 1 aromatic carbocycles. The van der Waals surface area contributed by atoms with Crippen molar-refractivity contribution in [2.24, 2.45) is 4.99 Å². The quantitative estimate of drug-likeness (QED) is 0.619. The van der Waals surface area contributed by atoms with Gasteiger partial charge in [-0.2, -0.15) is 10.2 Å². The Hall–Kier alpha value is -2.13. The van der Waals surface area contributed by atoms with Crippen LogP contribution in [0.5, 0.6) is 0 Å². The minimum absolute atomic E-state index is 0.394. The molecule has 1 aromatic heterocycles. The summed E-state index contributed by atoms with van der Waals surface area (Å²) in [6, 6.07) is 11.9. The monoisotopic (exact) mass is 271 g/mol. The third-order valence-corrected chi connectivity index (χ3v) is 2.92. The molecule has 6 heteroatoms. The third kappa shape index (κ3) is 3.66. The summed E-state index contributed by atoms with van der Waals surface area (Å²) in [4.78, 5) is 8.64. The van der Waals surface area contributed by atoms with Crippen LogP contribution in [0.2, 0.25) is 0 Å². The van der Waals surface area contributed by atoms with Crippen LogP contribution in [0.25, 0.3) is 0 Å². The first kappa shape index (κ1) is 13.3. The predicted molar refractivity (Wildman–Crippen MR) is 75.7 cm³/mol. The zero-order valence-corrected chi connectivity index (χ0v) is 11.3. The summed E-state index contributed by atoms with van der Waals surface area (Å²) in [5.74, 6) is 0.531. The molecule has 0 unspecified atom stereocenters. The van der Waals surface area contributed by atoms with Crippen LogP contribution in [0.4, 0.5) is 5.95 Å². The van der Waals surface area contributed by atoms with Crippen molar-refractivity contribution in [3.8, 4) is 6.07 Å². The molecule has 0 fully saturated rings. The highest BCUT2D eigenvalue weighted by atomic mass is 32.2. The molecule has 0 atom stereocenters. The van der Waals surface area contributed by atoms with Crippen LogP contribution in [0.1, 0.15) is 12.0 Å². The van der Waals surface area contributed by atoms with Gasteiger partial charge in [-0.15, -0.1) is 5.10 Å². The van der Waals surface area contributed by atoms with Gasteiger partial charge in [0.2, 0.25) is 11.1 Å². The molecule has 0 aliphatic heterocycles. The molecule has 2 rings (SSSR count). The zero-order chi connectivity index (χ0) is 13.5. The Morgan fingerprint density at radius 2 is 2.21 bits per heavy atom. The highest BCUT2D eigenvalue weighted by Gasteiger charge is 2.07. The number of nitriles is 1. The molecule has 0 saturated heterocycles. The van der Waals surface area contributed by atoms with Gasteiger partial charge in [0, 0.05) is 6.21 Å². The van der Waals surface area contributed by atoms with Gasteiger partial charge in [0.1, 0.15) is 0 Å². The lowest BCUT2D eigenvalue weighted by atomic mass is 10.2. The van der Waals surface area contributed by atoms with Crippen molar-refractivity contribution in [1.29, 1.82) is 5.26 Å². The molecule has 0 amide bonds.